The topological polar surface area (TPSA) is 157 Å². The molecule has 0 aliphatic carbocycles. The van der Waals surface area contributed by atoms with Gasteiger partial charge in [0.1, 0.15) is 28.9 Å². The highest BCUT2D eigenvalue weighted by Crippen LogP contribution is 2.28. The number of H-pyrrole nitrogens is 1. The van der Waals surface area contributed by atoms with E-state index >= 15 is 0 Å². The van der Waals surface area contributed by atoms with Crippen LogP contribution in [0.2, 0.25) is 0 Å². The number of nitrogens with zero attached hydrogens (tertiary/aromatic N) is 3. The first-order chi connectivity index (χ1) is 16.2. The van der Waals surface area contributed by atoms with Crippen LogP contribution >= 0.6 is 0 Å². The molecule has 2 heterocycles. The normalized spacial score (nSPS) is 10.6. The number of aromatic nitrogens is 4. The molecule has 4 aromatic rings. The van der Waals surface area contributed by atoms with E-state index in [1.54, 1.807) is 24.3 Å². The summed E-state index contributed by atoms with van der Waals surface area (Å²) in [6.07, 6.45) is 0. The number of rotatable bonds is 6. The Morgan fingerprint density at radius 3 is 2.29 bits per heavy atom. The van der Waals surface area contributed by atoms with Crippen LogP contribution in [0.15, 0.2) is 48.5 Å². The SMILES string of the molecule is Cc1cc(Nc2cc(C)nc(Oc3ccc(NC(=O)Nc4cc(O)cc(O)c4)cc3C)n2)[nH]n1. The van der Waals surface area contributed by atoms with Crippen molar-refractivity contribution in [1.29, 1.82) is 0 Å². The highest BCUT2D eigenvalue weighted by Gasteiger charge is 2.11. The first-order valence-corrected chi connectivity index (χ1v) is 10.3. The molecule has 11 heteroatoms. The van der Waals surface area contributed by atoms with Crippen LogP contribution in [-0.2, 0) is 0 Å². The number of aromatic amines is 1. The van der Waals surface area contributed by atoms with Crippen molar-refractivity contribution in [3.05, 3.63) is 65.5 Å². The summed E-state index contributed by atoms with van der Waals surface area (Å²) in [6.45, 7) is 5.54. The lowest BCUT2D eigenvalue weighted by atomic mass is 10.2. The number of phenolic OH excluding ortho intramolecular Hbond substituents is 2. The molecule has 2 amide bonds. The van der Waals surface area contributed by atoms with Gasteiger partial charge in [-0.2, -0.15) is 10.1 Å². The van der Waals surface area contributed by atoms with Crippen molar-refractivity contribution in [2.75, 3.05) is 16.0 Å². The van der Waals surface area contributed by atoms with Crippen LogP contribution < -0.4 is 20.7 Å². The highest BCUT2D eigenvalue weighted by atomic mass is 16.5. The van der Waals surface area contributed by atoms with Gasteiger partial charge in [-0.05, 0) is 44.5 Å². The largest absolute Gasteiger partial charge is 0.508 e. The van der Waals surface area contributed by atoms with Crippen LogP contribution in [0.5, 0.6) is 23.3 Å². The molecule has 0 atom stereocenters. The van der Waals surface area contributed by atoms with E-state index in [1.165, 1.54) is 18.2 Å². The Balaban J connectivity index is 1.43. The van der Waals surface area contributed by atoms with E-state index in [0.717, 1.165) is 11.3 Å². The Labute approximate surface area is 194 Å². The maximum Gasteiger partial charge on any atom is 0.324 e. The zero-order chi connectivity index (χ0) is 24.2. The van der Waals surface area contributed by atoms with Gasteiger partial charge in [0, 0.05) is 47.4 Å². The van der Waals surface area contributed by atoms with Crippen LogP contribution in [0.4, 0.5) is 27.8 Å². The second kappa shape index (κ2) is 9.36. The predicted molar refractivity (Wildman–Crippen MR) is 127 cm³/mol. The smallest absolute Gasteiger partial charge is 0.324 e. The van der Waals surface area contributed by atoms with Crippen molar-refractivity contribution < 1.29 is 19.7 Å². The number of benzene rings is 2. The van der Waals surface area contributed by atoms with Crippen molar-refractivity contribution in [1.82, 2.24) is 20.2 Å². The monoisotopic (exact) mass is 461 g/mol. The van der Waals surface area contributed by atoms with E-state index in [0.29, 0.717) is 28.8 Å². The number of amides is 2. The van der Waals surface area contributed by atoms with Gasteiger partial charge in [0.05, 0.1) is 5.69 Å². The molecule has 11 nitrogen and oxygen atoms in total. The van der Waals surface area contributed by atoms with Gasteiger partial charge in [-0.25, -0.2) is 9.78 Å². The molecule has 174 valence electrons. The molecule has 2 aromatic heterocycles. The molecule has 0 fully saturated rings. The summed E-state index contributed by atoms with van der Waals surface area (Å²) in [5.41, 5.74) is 3.08. The van der Waals surface area contributed by atoms with Crippen molar-refractivity contribution >= 4 is 29.0 Å². The van der Waals surface area contributed by atoms with Gasteiger partial charge in [0.15, 0.2) is 0 Å². The Hall–Kier alpha value is -4.80. The van der Waals surface area contributed by atoms with E-state index < -0.39 is 6.03 Å². The number of nitrogens with one attached hydrogen (secondary N) is 4. The molecule has 0 unspecified atom stereocenters. The minimum absolute atomic E-state index is 0.163. The molecular weight excluding hydrogens is 438 g/mol. The third kappa shape index (κ3) is 5.71. The van der Waals surface area contributed by atoms with E-state index in [-0.39, 0.29) is 23.2 Å². The lowest BCUT2D eigenvalue weighted by molar-refractivity contribution is 0.262. The molecule has 0 spiro atoms. The first kappa shape index (κ1) is 22.4. The van der Waals surface area contributed by atoms with E-state index in [1.807, 2.05) is 26.8 Å². The number of ether oxygens (including phenoxy) is 1. The van der Waals surface area contributed by atoms with Gasteiger partial charge in [-0.15, -0.1) is 0 Å². The molecule has 0 aliphatic heterocycles. The second-order valence-corrected chi connectivity index (χ2v) is 7.62. The Morgan fingerprint density at radius 1 is 0.882 bits per heavy atom. The number of urea groups is 1. The van der Waals surface area contributed by atoms with Crippen LogP contribution in [0.3, 0.4) is 0 Å². The summed E-state index contributed by atoms with van der Waals surface area (Å²) in [5.74, 6) is 1.45. The van der Waals surface area contributed by atoms with Crippen LogP contribution in [0.1, 0.15) is 17.0 Å². The number of hydrogen-bond acceptors (Lipinski definition) is 8. The van der Waals surface area contributed by atoms with Crippen molar-refractivity contribution in [2.24, 2.45) is 0 Å². The average molecular weight is 461 g/mol. The third-order valence-electron chi connectivity index (χ3n) is 4.60. The Morgan fingerprint density at radius 2 is 1.62 bits per heavy atom. The van der Waals surface area contributed by atoms with Gasteiger partial charge in [0.25, 0.3) is 0 Å². The number of hydrogen-bond donors (Lipinski definition) is 6. The summed E-state index contributed by atoms with van der Waals surface area (Å²) < 4.78 is 5.88. The summed E-state index contributed by atoms with van der Waals surface area (Å²) in [6, 6.07) is 12.2. The fourth-order valence-corrected chi connectivity index (χ4v) is 3.18. The molecule has 0 bridgehead atoms. The lowest BCUT2D eigenvalue weighted by Crippen LogP contribution is -2.19. The minimum atomic E-state index is -0.537. The molecule has 6 N–H and O–H groups in total. The van der Waals surface area contributed by atoms with Crippen molar-refractivity contribution in [3.63, 3.8) is 0 Å². The quantitative estimate of drug-likeness (QED) is 0.241. The third-order valence-corrected chi connectivity index (χ3v) is 4.60. The molecule has 0 saturated carbocycles. The summed E-state index contributed by atoms with van der Waals surface area (Å²) in [4.78, 5) is 21.0. The molecule has 4 rings (SSSR count). The zero-order valence-corrected chi connectivity index (χ0v) is 18.7. The summed E-state index contributed by atoms with van der Waals surface area (Å²) in [7, 11) is 0. The summed E-state index contributed by atoms with van der Waals surface area (Å²) in [5, 5.41) is 34.4. The fraction of sp³-hybridized carbons (Fsp3) is 0.130. The number of carbonyl (C=O) groups is 1. The Bertz CT molecular complexity index is 1330. The van der Waals surface area contributed by atoms with E-state index in [2.05, 4.69) is 36.1 Å². The molecular formula is C23H23N7O4. The summed E-state index contributed by atoms with van der Waals surface area (Å²) >= 11 is 0. The molecule has 0 saturated heterocycles. The second-order valence-electron chi connectivity index (χ2n) is 7.62. The number of aromatic hydroxyl groups is 2. The van der Waals surface area contributed by atoms with Crippen molar-refractivity contribution in [3.8, 4) is 23.3 Å². The van der Waals surface area contributed by atoms with E-state index in [4.69, 9.17) is 4.74 Å². The Kier molecular flexibility index (Phi) is 6.17. The first-order valence-electron chi connectivity index (χ1n) is 10.3. The van der Waals surface area contributed by atoms with Crippen LogP contribution in [0.25, 0.3) is 0 Å². The maximum absolute atomic E-state index is 12.3. The highest BCUT2D eigenvalue weighted by molar-refractivity contribution is 6.00. The number of aryl methyl sites for hydroxylation is 3. The van der Waals surface area contributed by atoms with Gasteiger partial charge in [-0.3, -0.25) is 5.10 Å². The van der Waals surface area contributed by atoms with E-state index in [9.17, 15) is 15.0 Å². The molecule has 2 aromatic carbocycles. The van der Waals surface area contributed by atoms with Gasteiger partial charge >= 0.3 is 12.0 Å². The standard InChI is InChI=1S/C23H23N7O4/c1-12-6-15(25-22(33)26-16-9-17(31)11-18(32)10-16)4-5-19(12)34-23-24-13(2)7-20(28-23)27-21-8-14(3)29-30-21/h4-11,31-32H,1-3H3,(H2,25,26,33)(H2,24,27,28,29,30). The van der Waals surface area contributed by atoms with Crippen molar-refractivity contribution in [2.45, 2.75) is 20.8 Å². The molecule has 0 radical (unpaired) electrons. The lowest BCUT2D eigenvalue weighted by Gasteiger charge is -2.12. The number of carbonyl (C=O) groups excluding carboxylic acids is 1. The number of anilines is 4. The average Bonchev–Trinajstić information content (AvgIpc) is 3.13. The van der Waals surface area contributed by atoms with Gasteiger partial charge in [0.2, 0.25) is 0 Å². The number of phenols is 2. The zero-order valence-electron chi connectivity index (χ0n) is 18.7. The van der Waals surface area contributed by atoms with Crippen LogP contribution in [0, 0.1) is 20.8 Å². The fourth-order valence-electron chi connectivity index (χ4n) is 3.18. The molecule has 0 aliphatic rings. The minimum Gasteiger partial charge on any atom is -0.508 e. The molecule has 34 heavy (non-hydrogen) atoms. The van der Waals surface area contributed by atoms with Crippen LogP contribution in [-0.4, -0.2) is 36.4 Å². The predicted octanol–water partition coefficient (Wildman–Crippen LogP) is 4.72. The maximum atomic E-state index is 12.3. The van der Waals surface area contributed by atoms with Gasteiger partial charge < -0.3 is 30.9 Å². The van der Waals surface area contributed by atoms with Gasteiger partial charge in [-0.1, -0.05) is 0 Å².